The Morgan fingerprint density at radius 1 is 0.917 bits per heavy atom. The normalized spacial score (nSPS) is 9.50. The summed E-state index contributed by atoms with van der Waals surface area (Å²) < 4.78 is 0. The fourth-order valence-electron chi connectivity index (χ4n) is 0.500. The van der Waals surface area contributed by atoms with Crippen molar-refractivity contribution in [2.24, 2.45) is 0 Å². The first-order valence-electron chi connectivity index (χ1n) is 4.77. The Morgan fingerprint density at radius 3 is 1.17 bits per heavy atom. The van der Waals surface area contributed by atoms with E-state index in [0.717, 1.165) is 0 Å². The molecule has 0 fully saturated rings. The Hall–Kier alpha value is 0.814. The quantitative estimate of drug-likeness (QED) is 0.349. The van der Waals surface area contributed by atoms with Gasteiger partial charge in [0.2, 0.25) is 0 Å². The maximum atomic E-state index is 3.91. The van der Waals surface area contributed by atoms with E-state index in [-0.39, 0.29) is 18.9 Å². The molecule has 0 rings (SSSR count). The van der Waals surface area contributed by atoms with Gasteiger partial charge in [-0.25, -0.2) is 0 Å². The van der Waals surface area contributed by atoms with Gasteiger partial charge in [-0.3, -0.25) is 0 Å². The average Bonchev–Trinajstić information content (AvgIpc) is 1.79. The molecular weight excluding hydrogens is 155 g/mol. The predicted octanol–water partition coefficient (Wildman–Crippen LogP) is 1.29. The van der Waals surface area contributed by atoms with Gasteiger partial charge >= 0.3 is 18.9 Å². The van der Waals surface area contributed by atoms with Gasteiger partial charge in [0.05, 0.1) is 0 Å². The van der Waals surface area contributed by atoms with Gasteiger partial charge in [0.1, 0.15) is 0 Å². The number of unbranched alkanes of at least 4 members (excludes halogenated alkanes) is 3. The monoisotopic (exact) mass is 180 g/mol. The van der Waals surface area contributed by atoms with E-state index < -0.39 is 8.07 Å². The summed E-state index contributed by atoms with van der Waals surface area (Å²) in [6.07, 6.45) is 5.54. The first-order valence-corrected chi connectivity index (χ1v) is 8.47. The Morgan fingerprint density at radius 2 is 1.08 bits per heavy atom. The molecule has 0 aromatic heterocycles. The fraction of sp³-hybridized carbons (Fsp3) is 0.900. The van der Waals surface area contributed by atoms with Crippen LogP contribution in [0.25, 0.3) is 0 Å². The Balaban J connectivity index is -0.000000126. The molecule has 0 aliphatic rings. The predicted molar refractivity (Wildman–Crippen MR) is 58.5 cm³/mol. The third kappa shape index (κ3) is 71.6. The van der Waals surface area contributed by atoms with Gasteiger partial charge in [-0.2, -0.15) is 0 Å². The summed E-state index contributed by atoms with van der Waals surface area (Å²) in [5.74, 6) is 0. The molecular formula is C10H25LiSi. The van der Waals surface area contributed by atoms with Gasteiger partial charge in [-0.05, 0) is 0 Å². The van der Waals surface area contributed by atoms with Gasteiger partial charge < -0.3 is 6.55 Å². The van der Waals surface area contributed by atoms with E-state index in [1.165, 1.54) is 25.7 Å². The largest absolute Gasteiger partial charge is 1.00 e. The maximum Gasteiger partial charge on any atom is 1.00 e. The van der Waals surface area contributed by atoms with Crippen molar-refractivity contribution in [1.82, 2.24) is 0 Å². The average molecular weight is 180 g/mol. The zero-order chi connectivity index (χ0) is 9.33. The summed E-state index contributed by atoms with van der Waals surface area (Å²) >= 11 is 0. The molecule has 0 spiro atoms. The minimum Gasteiger partial charge on any atom is -0.342 e. The molecule has 0 saturated heterocycles. The van der Waals surface area contributed by atoms with Crippen molar-refractivity contribution >= 4 is 8.07 Å². The number of rotatable bonds is 3. The van der Waals surface area contributed by atoms with Crippen LogP contribution in [0.3, 0.4) is 0 Å². The SMILES string of the molecule is CCCCCC.[CH2-][Si](C)(C)C.[Li+]. The van der Waals surface area contributed by atoms with Crippen molar-refractivity contribution in [3.63, 3.8) is 0 Å². The maximum absolute atomic E-state index is 3.91. The standard InChI is InChI=1S/C6H14.C4H11Si.Li/c1-3-5-6-4-2;1-5(2,3)4;/h3-6H2,1-2H3;1H2,2-4H3;/q;-1;+1. The van der Waals surface area contributed by atoms with Crippen molar-refractivity contribution in [3.8, 4) is 0 Å². The third-order valence-electron chi connectivity index (χ3n) is 0.957. The zero-order valence-electron chi connectivity index (χ0n) is 10.0. The second kappa shape index (κ2) is 11.8. The van der Waals surface area contributed by atoms with E-state index in [2.05, 4.69) is 40.0 Å². The molecule has 0 aliphatic heterocycles. The van der Waals surface area contributed by atoms with Crippen molar-refractivity contribution < 1.29 is 18.9 Å². The van der Waals surface area contributed by atoms with Crippen LogP contribution in [0.5, 0.6) is 0 Å². The molecule has 0 unspecified atom stereocenters. The molecule has 70 valence electrons. The first kappa shape index (κ1) is 18.6. The molecule has 12 heavy (non-hydrogen) atoms. The molecule has 0 aromatic carbocycles. The van der Waals surface area contributed by atoms with Crippen molar-refractivity contribution in [2.75, 3.05) is 0 Å². The van der Waals surface area contributed by atoms with Crippen molar-refractivity contribution in [2.45, 2.75) is 59.2 Å². The van der Waals surface area contributed by atoms with Crippen LogP contribution in [0.4, 0.5) is 0 Å². The number of hydrogen-bond acceptors (Lipinski definition) is 0. The Labute approximate surface area is 92.7 Å². The molecule has 0 aromatic rings. The molecule has 0 aliphatic carbocycles. The van der Waals surface area contributed by atoms with Gasteiger partial charge in [-0.1, -0.05) is 59.2 Å². The van der Waals surface area contributed by atoms with E-state index >= 15 is 0 Å². The molecule has 0 atom stereocenters. The van der Waals surface area contributed by atoms with E-state index in [9.17, 15) is 0 Å². The molecule has 2 heteroatoms. The fourth-order valence-corrected chi connectivity index (χ4v) is 0.500. The zero-order valence-corrected chi connectivity index (χ0v) is 11.0. The van der Waals surface area contributed by atoms with Crippen molar-refractivity contribution in [1.29, 1.82) is 0 Å². The minimum atomic E-state index is -0.861. The van der Waals surface area contributed by atoms with E-state index in [4.69, 9.17) is 0 Å². The summed E-state index contributed by atoms with van der Waals surface area (Å²) in [6.45, 7) is 15.0. The third-order valence-corrected chi connectivity index (χ3v) is 0.957. The van der Waals surface area contributed by atoms with Gasteiger partial charge in [0, 0.05) is 0 Å². The van der Waals surface area contributed by atoms with Crippen LogP contribution >= 0.6 is 0 Å². The molecule has 0 amide bonds. The summed E-state index contributed by atoms with van der Waals surface area (Å²) in [5.41, 5.74) is 0. The second-order valence-corrected chi connectivity index (χ2v) is 9.39. The summed E-state index contributed by atoms with van der Waals surface area (Å²) in [6, 6.07) is 0. The molecule has 0 radical (unpaired) electrons. The van der Waals surface area contributed by atoms with Crippen LogP contribution in [0.2, 0.25) is 19.6 Å². The van der Waals surface area contributed by atoms with Gasteiger partial charge in [0.25, 0.3) is 0 Å². The van der Waals surface area contributed by atoms with Crippen LogP contribution in [-0.4, -0.2) is 8.07 Å². The van der Waals surface area contributed by atoms with Crippen LogP contribution < -0.4 is 18.9 Å². The van der Waals surface area contributed by atoms with E-state index in [1.54, 1.807) is 0 Å². The summed E-state index contributed by atoms with van der Waals surface area (Å²) in [5, 5.41) is 0. The molecule has 0 bridgehead atoms. The van der Waals surface area contributed by atoms with Crippen LogP contribution in [0.15, 0.2) is 0 Å². The van der Waals surface area contributed by atoms with Crippen LogP contribution in [-0.2, 0) is 0 Å². The van der Waals surface area contributed by atoms with Gasteiger partial charge in [0.15, 0.2) is 0 Å². The Kier molecular flexibility index (Phi) is 18.3. The molecule has 0 nitrogen and oxygen atoms in total. The molecule has 0 heterocycles. The Bertz CT molecular complexity index is 56.7. The molecule has 0 N–H and O–H groups in total. The minimum absolute atomic E-state index is 0. The van der Waals surface area contributed by atoms with E-state index in [0.29, 0.717) is 0 Å². The van der Waals surface area contributed by atoms with Crippen LogP contribution in [0.1, 0.15) is 39.5 Å². The van der Waals surface area contributed by atoms with Gasteiger partial charge in [-0.15, -0.1) is 8.07 Å². The first-order chi connectivity index (χ1) is 4.91. The van der Waals surface area contributed by atoms with E-state index in [1.807, 2.05) is 0 Å². The smallest absolute Gasteiger partial charge is 0.342 e. The van der Waals surface area contributed by atoms with Crippen LogP contribution in [0, 0.1) is 6.55 Å². The topological polar surface area (TPSA) is 0 Å². The van der Waals surface area contributed by atoms with Crippen molar-refractivity contribution in [3.05, 3.63) is 6.55 Å². The molecule has 0 saturated carbocycles. The number of hydrogen-bond donors (Lipinski definition) is 0. The summed E-state index contributed by atoms with van der Waals surface area (Å²) in [7, 11) is -0.861. The second-order valence-electron chi connectivity index (χ2n) is 4.27. The summed E-state index contributed by atoms with van der Waals surface area (Å²) in [4.78, 5) is 0.